The SMILES string of the molecule is COc1cccc(-n2c(SCC3CCCO3)nnc2C2CCN(Cc3ccco3)CC2)c1. The highest BCUT2D eigenvalue weighted by Crippen LogP contribution is 2.34. The van der Waals surface area contributed by atoms with Crippen LogP contribution in [0.4, 0.5) is 0 Å². The van der Waals surface area contributed by atoms with Crippen molar-refractivity contribution in [2.75, 3.05) is 32.6 Å². The number of thioether (sulfide) groups is 1. The molecule has 170 valence electrons. The van der Waals surface area contributed by atoms with Gasteiger partial charge in [0.25, 0.3) is 0 Å². The van der Waals surface area contributed by atoms with E-state index in [1.165, 1.54) is 0 Å². The van der Waals surface area contributed by atoms with E-state index < -0.39 is 0 Å². The van der Waals surface area contributed by atoms with Crippen LogP contribution in [0.1, 0.15) is 43.2 Å². The van der Waals surface area contributed by atoms with E-state index in [0.29, 0.717) is 12.0 Å². The summed E-state index contributed by atoms with van der Waals surface area (Å²) in [7, 11) is 1.70. The van der Waals surface area contributed by atoms with Crippen LogP contribution >= 0.6 is 11.8 Å². The van der Waals surface area contributed by atoms with Gasteiger partial charge in [0, 0.05) is 24.3 Å². The zero-order valence-electron chi connectivity index (χ0n) is 18.5. The zero-order valence-corrected chi connectivity index (χ0v) is 19.3. The molecular formula is C24H30N4O3S. The molecule has 4 heterocycles. The summed E-state index contributed by atoms with van der Waals surface area (Å²) in [6.45, 7) is 3.78. The molecule has 5 rings (SSSR count). The van der Waals surface area contributed by atoms with E-state index in [4.69, 9.17) is 19.0 Å². The molecule has 2 aromatic heterocycles. The molecule has 32 heavy (non-hydrogen) atoms. The average Bonchev–Trinajstić information content (AvgIpc) is 3.60. The van der Waals surface area contributed by atoms with Crippen molar-refractivity contribution in [3.05, 3.63) is 54.2 Å². The molecular weight excluding hydrogens is 424 g/mol. The van der Waals surface area contributed by atoms with Crippen molar-refractivity contribution in [1.82, 2.24) is 19.7 Å². The summed E-state index contributed by atoms with van der Waals surface area (Å²) in [6.07, 6.45) is 6.44. The van der Waals surface area contributed by atoms with Crippen LogP contribution in [-0.4, -0.2) is 58.3 Å². The van der Waals surface area contributed by atoms with Crippen molar-refractivity contribution >= 4 is 11.8 Å². The number of hydrogen-bond acceptors (Lipinski definition) is 7. The number of ether oxygens (including phenoxy) is 2. The van der Waals surface area contributed by atoms with Crippen LogP contribution in [0.2, 0.25) is 0 Å². The Morgan fingerprint density at radius 1 is 1.12 bits per heavy atom. The van der Waals surface area contributed by atoms with Gasteiger partial charge in [-0.25, -0.2) is 0 Å². The molecule has 8 heteroatoms. The summed E-state index contributed by atoms with van der Waals surface area (Å²) in [6, 6.07) is 12.2. The van der Waals surface area contributed by atoms with Crippen LogP contribution in [0.25, 0.3) is 5.69 Å². The summed E-state index contributed by atoms with van der Waals surface area (Å²) in [5.74, 6) is 4.19. The molecule has 0 bridgehead atoms. The van der Waals surface area contributed by atoms with E-state index in [-0.39, 0.29) is 0 Å². The molecule has 0 spiro atoms. The van der Waals surface area contributed by atoms with E-state index in [1.54, 1.807) is 25.1 Å². The maximum Gasteiger partial charge on any atom is 0.195 e. The van der Waals surface area contributed by atoms with Gasteiger partial charge in [0.2, 0.25) is 0 Å². The highest BCUT2D eigenvalue weighted by molar-refractivity contribution is 7.99. The Morgan fingerprint density at radius 2 is 2.03 bits per heavy atom. The number of aromatic nitrogens is 3. The highest BCUT2D eigenvalue weighted by atomic mass is 32.2. The second-order valence-electron chi connectivity index (χ2n) is 8.45. The monoisotopic (exact) mass is 454 g/mol. The second-order valence-corrected chi connectivity index (χ2v) is 9.44. The summed E-state index contributed by atoms with van der Waals surface area (Å²) in [5.41, 5.74) is 1.05. The number of hydrogen-bond donors (Lipinski definition) is 0. The Hall–Kier alpha value is -2.29. The van der Waals surface area contributed by atoms with Gasteiger partial charge in [0.1, 0.15) is 17.3 Å². The fraction of sp³-hybridized carbons (Fsp3) is 0.500. The van der Waals surface area contributed by atoms with E-state index in [1.807, 2.05) is 24.3 Å². The van der Waals surface area contributed by atoms with Gasteiger partial charge >= 0.3 is 0 Å². The molecule has 0 radical (unpaired) electrons. The molecule has 0 amide bonds. The first-order valence-electron chi connectivity index (χ1n) is 11.4. The van der Waals surface area contributed by atoms with Gasteiger partial charge in [0.15, 0.2) is 5.16 Å². The fourth-order valence-electron chi connectivity index (χ4n) is 4.55. The minimum absolute atomic E-state index is 0.309. The average molecular weight is 455 g/mol. The van der Waals surface area contributed by atoms with Crippen molar-refractivity contribution in [1.29, 1.82) is 0 Å². The summed E-state index contributed by atoms with van der Waals surface area (Å²) < 4.78 is 19.1. The first kappa shape index (κ1) is 21.6. The number of rotatable bonds is 8. The largest absolute Gasteiger partial charge is 0.497 e. The van der Waals surface area contributed by atoms with Gasteiger partial charge in [-0.1, -0.05) is 17.8 Å². The van der Waals surface area contributed by atoms with Gasteiger partial charge in [-0.05, 0) is 63.0 Å². The van der Waals surface area contributed by atoms with Crippen LogP contribution in [-0.2, 0) is 11.3 Å². The minimum atomic E-state index is 0.309. The first-order chi connectivity index (χ1) is 15.8. The summed E-state index contributed by atoms with van der Waals surface area (Å²) in [5, 5.41) is 10.2. The number of benzene rings is 1. The lowest BCUT2D eigenvalue weighted by atomic mass is 9.95. The lowest BCUT2D eigenvalue weighted by Crippen LogP contribution is -2.33. The van der Waals surface area contributed by atoms with Crippen molar-refractivity contribution in [2.45, 2.75) is 49.4 Å². The molecule has 0 aliphatic carbocycles. The van der Waals surface area contributed by atoms with Gasteiger partial charge in [0.05, 0.1) is 31.7 Å². The van der Waals surface area contributed by atoms with Crippen LogP contribution in [0.15, 0.2) is 52.2 Å². The fourth-order valence-corrected chi connectivity index (χ4v) is 5.57. The number of nitrogens with zero attached hydrogens (tertiary/aromatic N) is 4. The van der Waals surface area contributed by atoms with Crippen molar-refractivity contribution in [2.24, 2.45) is 0 Å². The number of methoxy groups -OCH3 is 1. The molecule has 2 fully saturated rings. The lowest BCUT2D eigenvalue weighted by molar-refractivity contribution is 0.129. The third-order valence-electron chi connectivity index (χ3n) is 6.30. The van der Waals surface area contributed by atoms with Gasteiger partial charge in [-0.2, -0.15) is 0 Å². The molecule has 7 nitrogen and oxygen atoms in total. The zero-order chi connectivity index (χ0) is 21.8. The van der Waals surface area contributed by atoms with Crippen LogP contribution in [0, 0.1) is 0 Å². The second kappa shape index (κ2) is 10.1. The molecule has 1 aromatic carbocycles. The summed E-state index contributed by atoms with van der Waals surface area (Å²) in [4.78, 5) is 2.45. The van der Waals surface area contributed by atoms with Gasteiger partial charge < -0.3 is 13.9 Å². The van der Waals surface area contributed by atoms with E-state index in [9.17, 15) is 0 Å². The first-order valence-corrected chi connectivity index (χ1v) is 12.4. The normalized spacial score (nSPS) is 20.1. The Kier molecular flexibility index (Phi) is 6.80. The van der Waals surface area contributed by atoms with E-state index in [0.717, 1.165) is 85.9 Å². The molecule has 1 unspecified atom stereocenters. The maximum absolute atomic E-state index is 5.82. The van der Waals surface area contributed by atoms with Crippen LogP contribution in [0.3, 0.4) is 0 Å². The Bertz CT molecular complexity index is 993. The van der Waals surface area contributed by atoms with Crippen molar-refractivity contribution in [3.8, 4) is 11.4 Å². The molecule has 0 saturated carbocycles. The van der Waals surface area contributed by atoms with E-state index in [2.05, 4.69) is 26.7 Å². The van der Waals surface area contributed by atoms with Gasteiger partial charge in [-0.3, -0.25) is 9.47 Å². The third kappa shape index (κ3) is 4.87. The number of likely N-dealkylation sites (tertiary alicyclic amines) is 1. The third-order valence-corrected chi connectivity index (χ3v) is 7.37. The lowest BCUT2D eigenvalue weighted by Gasteiger charge is -2.31. The minimum Gasteiger partial charge on any atom is -0.497 e. The van der Waals surface area contributed by atoms with Crippen molar-refractivity contribution < 1.29 is 13.9 Å². The number of furan rings is 1. The molecule has 1 atom stereocenters. The smallest absolute Gasteiger partial charge is 0.195 e. The predicted molar refractivity (Wildman–Crippen MR) is 124 cm³/mol. The molecule has 3 aromatic rings. The van der Waals surface area contributed by atoms with Gasteiger partial charge in [-0.15, -0.1) is 10.2 Å². The molecule has 2 saturated heterocycles. The topological polar surface area (TPSA) is 65.6 Å². The molecule has 2 aliphatic heterocycles. The highest BCUT2D eigenvalue weighted by Gasteiger charge is 2.28. The van der Waals surface area contributed by atoms with Crippen LogP contribution < -0.4 is 4.74 Å². The van der Waals surface area contributed by atoms with E-state index >= 15 is 0 Å². The maximum atomic E-state index is 5.82. The quantitative estimate of drug-likeness (QED) is 0.464. The van der Waals surface area contributed by atoms with Crippen LogP contribution in [0.5, 0.6) is 5.75 Å². The number of piperidine rings is 1. The van der Waals surface area contributed by atoms with Crippen molar-refractivity contribution in [3.63, 3.8) is 0 Å². The molecule has 0 N–H and O–H groups in total. The summed E-state index contributed by atoms with van der Waals surface area (Å²) >= 11 is 1.74. The molecule has 2 aliphatic rings. The predicted octanol–water partition coefficient (Wildman–Crippen LogP) is 4.52. The Morgan fingerprint density at radius 3 is 2.78 bits per heavy atom. The Balaban J connectivity index is 1.35. The standard InChI is InChI=1S/C24H30N4O3S/c1-29-20-6-2-5-19(15-20)28-23(25-26-24(28)32-17-22-8-4-14-31-22)18-9-11-27(12-10-18)16-21-7-3-13-30-21/h2-3,5-7,13,15,18,22H,4,8-12,14,16-17H2,1H3. The Labute approximate surface area is 193 Å².